The van der Waals surface area contributed by atoms with Crippen molar-refractivity contribution < 1.29 is 32.6 Å². The number of carbonyl (C=O) groups is 1. The highest BCUT2D eigenvalue weighted by atomic mass is 19.4. The van der Waals surface area contributed by atoms with Crippen LogP contribution < -0.4 is 0 Å². The topological polar surface area (TPSA) is 68.1 Å². The molecule has 0 saturated heterocycles. The molecule has 0 fully saturated rings. The van der Waals surface area contributed by atoms with Crippen LogP contribution in [0.2, 0.25) is 0 Å². The Kier molecular flexibility index (Phi) is 8.00. The lowest BCUT2D eigenvalue weighted by molar-refractivity contribution is -0.153. The molecule has 162 valence electrons. The SMILES string of the molecule is C/C(=N\OCc1ccccc1C(F)(F)F)c1cccc(CC(OC(C)C)C(=O)O)c1. The van der Waals surface area contributed by atoms with Crippen LogP contribution in [-0.4, -0.2) is 29.0 Å². The van der Waals surface area contributed by atoms with Crippen molar-refractivity contribution in [1.82, 2.24) is 0 Å². The van der Waals surface area contributed by atoms with Crippen molar-refractivity contribution in [2.45, 2.75) is 52.2 Å². The van der Waals surface area contributed by atoms with Crippen LogP contribution >= 0.6 is 0 Å². The lowest BCUT2D eigenvalue weighted by Crippen LogP contribution is -2.29. The quantitative estimate of drug-likeness (QED) is 0.452. The molecule has 0 bridgehead atoms. The summed E-state index contributed by atoms with van der Waals surface area (Å²) in [6.45, 7) is 4.86. The van der Waals surface area contributed by atoms with Crippen LogP contribution in [0.5, 0.6) is 0 Å². The number of hydrogen-bond acceptors (Lipinski definition) is 4. The first-order chi connectivity index (χ1) is 14.1. The van der Waals surface area contributed by atoms with E-state index in [1.165, 1.54) is 18.2 Å². The Hall–Kier alpha value is -2.87. The second-order valence-corrected chi connectivity index (χ2v) is 7.02. The lowest BCUT2D eigenvalue weighted by atomic mass is 10.0. The van der Waals surface area contributed by atoms with Crippen LogP contribution in [0.25, 0.3) is 0 Å². The van der Waals surface area contributed by atoms with Gasteiger partial charge in [0, 0.05) is 12.0 Å². The molecule has 1 N–H and O–H groups in total. The number of carboxylic acid groups (broad SMARTS) is 1. The van der Waals surface area contributed by atoms with Crippen molar-refractivity contribution in [3.63, 3.8) is 0 Å². The van der Waals surface area contributed by atoms with E-state index in [1.54, 1.807) is 45.0 Å². The Morgan fingerprint density at radius 3 is 2.47 bits per heavy atom. The Bertz CT molecular complexity index is 894. The van der Waals surface area contributed by atoms with Crippen molar-refractivity contribution in [1.29, 1.82) is 0 Å². The van der Waals surface area contributed by atoms with Crippen LogP contribution in [-0.2, 0) is 33.6 Å². The number of benzene rings is 2. The fourth-order valence-electron chi connectivity index (χ4n) is 2.83. The van der Waals surface area contributed by atoms with E-state index >= 15 is 0 Å². The summed E-state index contributed by atoms with van der Waals surface area (Å²) in [6.07, 6.45) is -5.50. The van der Waals surface area contributed by atoms with Crippen molar-refractivity contribution in [3.8, 4) is 0 Å². The zero-order valence-corrected chi connectivity index (χ0v) is 16.9. The number of halogens is 3. The Labute approximate surface area is 173 Å². The molecule has 1 atom stereocenters. The zero-order valence-electron chi connectivity index (χ0n) is 16.9. The van der Waals surface area contributed by atoms with Gasteiger partial charge < -0.3 is 14.7 Å². The molecule has 2 aromatic carbocycles. The molecule has 0 saturated carbocycles. The van der Waals surface area contributed by atoms with Crippen molar-refractivity contribution in [2.24, 2.45) is 5.16 Å². The minimum Gasteiger partial charge on any atom is -0.479 e. The second-order valence-electron chi connectivity index (χ2n) is 7.02. The van der Waals surface area contributed by atoms with Crippen LogP contribution in [0, 0.1) is 0 Å². The third kappa shape index (κ3) is 6.88. The molecule has 5 nitrogen and oxygen atoms in total. The molecule has 0 heterocycles. The van der Waals surface area contributed by atoms with E-state index in [4.69, 9.17) is 9.57 Å². The number of alkyl halides is 3. The Morgan fingerprint density at radius 1 is 1.13 bits per heavy atom. The van der Waals surface area contributed by atoms with Gasteiger partial charge in [0.15, 0.2) is 6.10 Å². The zero-order chi connectivity index (χ0) is 22.3. The number of ether oxygens (including phenoxy) is 1. The number of nitrogens with zero attached hydrogens (tertiary/aromatic N) is 1. The van der Waals surface area contributed by atoms with Gasteiger partial charge >= 0.3 is 12.1 Å². The number of hydrogen-bond donors (Lipinski definition) is 1. The van der Waals surface area contributed by atoms with Gasteiger partial charge in [-0.05, 0) is 44.0 Å². The fraction of sp³-hybridized carbons (Fsp3) is 0.364. The summed E-state index contributed by atoms with van der Waals surface area (Å²) < 4.78 is 44.5. The van der Waals surface area contributed by atoms with E-state index in [9.17, 15) is 23.1 Å². The van der Waals surface area contributed by atoms with Gasteiger partial charge in [-0.2, -0.15) is 13.2 Å². The summed E-state index contributed by atoms with van der Waals surface area (Å²) in [5.41, 5.74) is 1.09. The van der Waals surface area contributed by atoms with Crippen LogP contribution in [0.1, 0.15) is 43.0 Å². The predicted molar refractivity (Wildman–Crippen MR) is 106 cm³/mol. The van der Waals surface area contributed by atoms with Gasteiger partial charge in [-0.1, -0.05) is 41.6 Å². The summed E-state index contributed by atoms with van der Waals surface area (Å²) in [4.78, 5) is 16.5. The molecule has 0 aliphatic carbocycles. The maximum absolute atomic E-state index is 13.0. The van der Waals surface area contributed by atoms with Gasteiger partial charge in [-0.3, -0.25) is 0 Å². The third-order valence-corrected chi connectivity index (χ3v) is 4.22. The summed E-state index contributed by atoms with van der Waals surface area (Å²) in [5.74, 6) is -1.05. The second kappa shape index (κ2) is 10.2. The predicted octanol–water partition coefficient (Wildman–Crippen LogP) is 5.07. The average Bonchev–Trinajstić information content (AvgIpc) is 2.67. The average molecular weight is 423 g/mol. The van der Waals surface area contributed by atoms with E-state index in [1.807, 2.05) is 0 Å². The molecule has 1 unspecified atom stereocenters. The van der Waals surface area contributed by atoms with Crippen molar-refractivity contribution in [3.05, 3.63) is 70.8 Å². The van der Waals surface area contributed by atoms with E-state index in [-0.39, 0.29) is 24.7 Å². The minimum atomic E-state index is -4.47. The highest BCUT2D eigenvalue weighted by Crippen LogP contribution is 2.32. The number of aliphatic carboxylic acids is 1. The van der Waals surface area contributed by atoms with Gasteiger partial charge in [0.05, 0.1) is 17.4 Å². The largest absolute Gasteiger partial charge is 0.479 e. The van der Waals surface area contributed by atoms with Crippen LogP contribution in [0.15, 0.2) is 53.7 Å². The number of rotatable bonds is 9. The normalized spacial score (nSPS) is 13.4. The van der Waals surface area contributed by atoms with Gasteiger partial charge in [-0.25, -0.2) is 4.79 Å². The summed E-state index contributed by atoms with van der Waals surface area (Å²) in [5, 5.41) is 13.2. The maximum Gasteiger partial charge on any atom is 0.416 e. The van der Waals surface area contributed by atoms with Gasteiger partial charge in [0.2, 0.25) is 0 Å². The first kappa shape index (κ1) is 23.4. The van der Waals surface area contributed by atoms with E-state index in [2.05, 4.69) is 5.16 Å². The molecule has 0 aliphatic heterocycles. The third-order valence-electron chi connectivity index (χ3n) is 4.22. The van der Waals surface area contributed by atoms with Crippen LogP contribution in [0.4, 0.5) is 13.2 Å². The molecule has 2 rings (SSSR count). The molecular formula is C22H24F3NO4. The van der Waals surface area contributed by atoms with Crippen molar-refractivity contribution >= 4 is 11.7 Å². The maximum atomic E-state index is 13.0. The molecule has 30 heavy (non-hydrogen) atoms. The Balaban J connectivity index is 2.09. The number of carboxylic acids is 1. The highest BCUT2D eigenvalue weighted by Gasteiger charge is 2.33. The molecule has 0 aromatic heterocycles. The first-order valence-corrected chi connectivity index (χ1v) is 9.37. The summed E-state index contributed by atoms with van der Waals surface area (Å²) in [7, 11) is 0. The van der Waals surface area contributed by atoms with Gasteiger partial charge in [0.25, 0.3) is 0 Å². The molecule has 0 spiro atoms. The molecule has 0 amide bonds. The van der Waals surface area contributed by atoms with Gasteiger partial charge in [0.1, 0.15) is 6.61 Å². The van der Waals surface area contributed by atoms with E-state index in [0.717, 1.165) is 11.6 Å². The smallest absolute Gasteiger partial charge is 0.416 e. The Morgan fingerprint density at radius 2 is 1.83 bits per heavy atom. The van der Waals surface area contributed by atoms with E-state index in [0.29, 0.717) is 11.3 Å². The lowest BCUT2D eigenvalue weighted by Gasteiger charge is -2.17. The molecule has 2 aromatic rings. The van der Waals surface area contributed by atoms with E-state index < -0.39 is 23.8 Å². The molecule has 8 heteroatoms. The van der Waals surface area contributed by atoms with Crippen LogP contribution in [0.3, 0.4) is 0 Å². The molecular weight excluding hydrogens is 399 g/mol. The fourth-order valence-corrected chi connectivity index (χ4v) is 2.83. The summed E-state index contributed by atoms with van der Waals surface area (Å²) in [6, 6.07) is 12.2. The molecule has 0 radical (unpaired) electrons. The first-order valence-electron chi connectivity index (χ1n) is 9.37. The number of oxime groups is 1. The van der Waals surface area contributed by atoms with Gasteiger partial charge in [-0.15, -0.1) is 0 Å². The summed E-state index contributed by atoms with van der Waals surface area (Å²) >= 11 is 0. The highest BCUT2D eigenvalue weighted by molar-refractivity contribution is 5.98. The minimum absolute atomic E-state index is 0.00886. The monoisotopic (exact) mass is 423 g/mol. The molecule has 0 aliphatic rings. The standard InChI is InChI=1S/C22H24F3NO4/c1-14(2)30-20(21(27)28)12-16-7-6-9-17(11-16)15(3)26-29-13-18-8-4-5-10-19(18)22(23,24)25/h4-11,14,20H,12-13H2,1-3H3,(H,27,28)/b26-15+. The van der Waals surface area contributed by atoms with Crippen molar-refractivity contribution in [2.75, 3.05) is 0 Å².